The van der Waals surface area contributed by atoms with E-state index in [1.165, 1.54) is 0 Å². The molecule has 6 heteroatoms. The SMILES string of the molecule is CNCC1CCN(S(=O)(=O)NC2CCC(C)CC2)CC1. The molecule has 118 valence electrons. The fraction of sp³-hybridized carbons (Fsp3) is 1.00. The van der Waals surface area contributed by atoms with Crippen LogP contribution >= 0.6 is 0 Å². The molecule has 0 unspecified atom stereocenters. The minimum Gasteiger partial charge on any atom is -0.319 e. The Morgan fingerprint density at radius 2 is 1.65 bits per heavy atom. The van der Waals surface area contributed by atoms with Crippen LogP contribution in [0.1, 0.15) is 45.4 Å². The number of hydrogen-bond donors (Lipinski definition) is 2. The van der Waals surface area contributed by atoms with Crippen molar-refractivity contribution in [2.75, 3.05) is 26.7 Å². The van der Waals surface area contributed by atoms with Crippen molar-refractivity contribution in [2.24, 2.45) is 11.8 Å². The van der Waals surface area contributed by atoms with Gasteiger partial charge in [-0.2, -0.15) is 17.4 Å². The molecule has 1 heterocycles. The lowest BCUT2D eigenvalue weighted by atomic mass is 9.88. The van der Waals surface area contributed by atoms with Gasteiger partial charge in [-0.25, -0.2) is 0 Å². The standard InChI is InChI=1S/C14H29N3O2S/c1-12-3-5-14(6-4-12)16-20(18,19)17-9-7-13(8-10-17)11-15-2/h12-16H,3-11H2,1-2H3. The second-order valence-electron chi connectivity index (χ2n) is 6.48. The highest BCUT2D eigenvalue weighted by molar-refractivity contribution is 7.87. The average Bonchev–Trinajstić information content (AvgIpc) is 2.42. The maximum Gasteiger partial charge on any atom is 0.279 e. The lowest BCUT2D eigenvalue weighted by Gasteiger charge is -2.33. The molecule has 1 aliphatic heterocycles. The second kappa shape index (κ2) is 7.20. The van der Waals surface area contributed by atoms with Crippen LogP contribution in [-0.2, 0) is 10.2 Å². The smallest absolute Gasteiger partial charge is 0.279 e. The molecule has 0 aromatic heterocycles. The first-order valence-corrected chi connectivity index (χ1v) is 9.37. The predicted octanol–water partition coefficient (Wildman–Crippen LogP) is 1.33. The molecule has 0 spiro atoms. The monoisotopic (exact) mass is 303 g/mol. The molecule has 2 aliphatic rings. The van der Waals surface area contributed by atoms with E-state index < -0.39 is 10.2 Å². The van der Waals surface area contributed by atoms with Gasteiger partial charge in [0, 0.05) is 19.1 Å². The number of rotatable bonds is 5. The summed E-state index contributed by atoms with van der Waals surface area (Å²) in [6.07, 6.45) is 6.16. The highest BCUT2D eigenvalue weighted by Gasteiger charge is 2.30. The first kappa shape index (κ1) is 16.2. The van der Waals surface area contributed by atoms with Gasteiger partial charge in [0.05, 0.1) is 0 Å². The largest absolute Gasteiger partial charge is 0.319 e. The molecule has 5 nitrogen and oxygen atoms in total. The van der Waals surface area contributed by atoms with Crippen molar-refractivity contribution in [3.05, 3.63) is 0 Å². The highest BCUT2D eigenvalue weighted by atomic mass is 32.2. The molecular formula is C14H29N3O2S. The van der Waals surface area contributed by atoms with Crippen LogP contribution in [0.5, 0.6) is 0 Å². The van der Waals surface area contributed by atoms with Gasteiger partial charge in [-0.15, -0.1) is 0 Å². The Kier molecular flexibility index (Phi) is 5.84. The Balaban J connectivity index is 1.82. The van der Waals surface area contributed by atoms with Crippen molar-refractivity contribution in [3.8, 4) is 0 Å². The van der Waals surface area contributed by atoms with Crippen LogP contribution in [0.25, 0.3) is 0 Å². The first-order valence-electron chi connectivity index (χ1n) is 7.93. The number of nitrogens with zero attached hydrogens (tertiary/aromatic N) is 1. The van der Waals surface area contributed by atoms with Crippen LogP contribution in [0.3, 0.4) is 0 Å². The molecule has 2 rings (SSSR count). The average molecular weight is 303 g/mol. The Bertz CT molecular complexity index is 383. The lowest BCUT2D eigenvalue weighted by Crippen LogP contribution is -2.49. The molecule has 2 fully saturated rings. The summed E-state index contributed by atoms with van der Waals surface area (Å²) in [5.41, 5.74) is 0. The number of nitrogens with one attached hydrogen (secondary N) is 2. The summed E-state index contributed by atoms with van der Waals surface area (Å²) in [6, 6.07) is 0.145. The van der Waals surface area contributed by atoms with Crippen molar-refractivity contribution >= 4 is 10.2 Å². The van der Waals surface area contributed by atoms with Crippen molar-refractivity contribution < 1.29 is 8.42 Å². The molecule has 0 bridgehead atoms. The third-order valence-electron chi connectivity index (χ3n) is 4.74. The number of hydrogen-bond acceptors (Lipinski definition) is 3. The van der Waals surface area contributed by atoms with Crippen LogP contribution in [0.15, 0.2) is 0 Å². The maximum atomic E-state index is 12.4. The quantitative estimate of drug-likeness (QED) is 0.805. The van der Waals surface area contributed by atoms with Gasteiger partial charge in [-0.3, -0.25) is 0 Å². The topological polar surface area (TPSA) is 61.4 Å². The van der Waals surface area contributed by atoms with Crippen LogP contribution in [-0.4, -0.2) is 45.4 Å². The van der Waals surface area contributed by atoms with Crippen LogP contribution in [0, 0.1) is 11.8 Å². The molecule has 0 amide bonds. The maximum absolute atomic E-state index is 12.4. The molecule has 1 saturated heterocycles. The molecular weight excluding hydrogens is 274 g/mol. The molecule has 1 aliphatic carbocycles. The first-order chi connectivity index (χ1) is 9.51. The van der Waals surface area contributed by atoms with E-state index in [0.717, 1.165) is 51.0 Å². The zero-order valence-corrected chi connectivity index (χ0v) is 13.6. The minimum atomic E-state index is -3.28. The van der Waals surface area contributed by atoms with Crippen molar-refractivity contribution in [1.29, 1.82) is 0 Å². The minimum absolute atomic E-state index is 0.145. The Morgan fingerprint density at radius 1 is 1.05 bits per heavy atom. The summed E-state index contributed by atoms with van der Waals surface area (Å²) in [5.74, 6) is 1.36. The second-order valence-corrected chi connectivity index (χ2v) is 8.18. The van der Waals surface area contributed by atoms with Gasteiger partial charge in [-0.05, 0) is 64.0 Å². The van der Waals surface area contributed by atoms with E-state index in [1.54, 1.807) is 4.31 Å². The van der Waals surface area contributed by atoms with Gasteiger partial charge in [0.2, 0.25) is 0 Å². The van der Waals surface area contributed by atoms with E-state index in [9.17, 15) is 8.42 Å². The molecule has 0 atom stereocenters. The lowest BCUT2D eigenvalue weighted by molar-refractivity contribution is 0.262. The van der Waals surface area contributed by atoms with Gasteiger partial charge < -0.3 is 5.32 Å². The van der Waals surface area contributed by atoms with Gasteiger partial charge in [0.15, 0.2) is 0 Å². The van der Waals surface area contributed by atoms with Crippen molar-refractivity contribution in [2.45, 2.75) is 51.5 Å². The summed E-state index contributed by atoms with van der Waals surface area (Å²) >= 11 is 0. The van der Waals surface area contributed by atoms with Gasteiger partial charge in [0.25, 0.3) is 10.2 Å². The van der Waals surface area contributed by atoms with E-state index in [0.29, 0.717) is 19.0 Å². The van der Waals surface area contributed by atoms with E-state index in [-0.39, 0.29) is 6.04 Å². The Labute approximate surface area is 123 Å². The molecule has 0 aromatic carbocycles. The van der Waals surface area contributed by atoms with Crippen LogP contribution in [0.2, 0.25) is 0 Å². The zero-order chi connectivity index (χ0) is 14.6. The van der Waals surface area contributed by atoms with Crippen LogP contribution < -0.4 is 10.0 Å². The fourth-order valence-electron chi connectivity index (χ4n) is 3.31. The summed E-state index contributed by atoms with van der Waals surface area (Å²) < 4.78 is 29.3. The normalized spacial score (nSPS) is 30.5. The zero-order valence-electron chi connectivity index (χ0n) is 12.8. The third-order valence-corrected chi connectivity index (χ3v) is 6.41. The number of piperidine rings is 1. The highest BCUT2D eigenvalue weighted by Crippen LogP contribution is 2.25. The Hall–Kier alpha value is -0.170. The third kappa shape index (κ3) is 4.41. The molecule has 2 N–H and O–H groups in total. The summed E-state index contributed by atoms with van der Waals surface area (Å²) in [5, 5.41) is 3.18. The van der Waals surface area contributed by atoms with Gasteiger partial charge >= 0.3 is 0 Å². The summed E-state index contributed by atoms with van der Waals surface area (Å²) in [4.78, 5) is 0. The van der Waals surface area contributed by atoms with E-state index in [1.807, 2.05) is 7.05 Å². The summed E-state index contributed by atoms with van der Waals surface area (Å²) in [6.45, 7) is 4.55. The van der Waals surface area contributed by atoms with Gasteiger partial charge in [-0.1, -0.05) is 6.92 Å². The molecule has 20 heavy (non-hydrogen) atoms. The van der Waals surface area contributed by atoms with Crippen molar-refractivity contribution in [1.82, 2.24) is 14.3 Å². The predicted molar refractivity (Wildman–Crippen MR) is 81.7 cm³/mol. The van der Waals surface area contributed by atoms with Crippen LogP contribution in [0.4, 0.5) is 0 Å². The molecule has 0 radical (unpaired) electrons. The fourth-order valence-corrected chi connectivity index (χ4v) is 4.80. The Morgan fingerprint density at radius 3 is 2.20 bits per heavy atom. The van der Waals surface area contributed by atoms with E-state index >= 15 is 0 Å². The summed E-state index contributed by atoms with van der Waals surface area (Å²) in [7, 11) is -1.32. The van der Waals surface area contributed by atoms with E-state index in [2.05, 4.69) is 17.0 Å². The van der Waals surface area contributed by atoms with Crippen molar-refractivity contribution in [3.63, 3.8) is 0 Å². The van der Waals surface area contributed by atoms with Gasteiger partial charge in [0.1, 0.15) is 0 Å². The van der Waals surface area contributed by atoms with E-state index in [4.69, 9.17) is 0 Å². The molecule has 0 aromatic rings. The molecule has 1 saturated carbocycles.